The molecule has 0 aliphatic heterocycles. The monoisotopic (exact) mass is 266 g/mol. The van der Waals surface area contributed by atoms with Crippen LogP contribution in [0.2, 0.25) is 0 Å². The number of nitriles is 1. The Balaban J connectivity index is 2.21. The van der Waals surface area contributed by atoms with Crippen LogP contribution in [0.5, 0.6) is 0 Å². The molecule has 100 valence electrons. The Morgan fingerprint density at radius 3 is 2.89 bits per heavy atom. The van der Waals surface area contributed by atoms with Crippen LogP contribution in [0.1, 0.15) is 38.9 Å². The molecule has 1 aromatic rings. The maximum atomic E-state index is 9.28. The van der Waals surface area contributed by atoms with Crippen LogP contribution in [0.4, 0.5) is 0 Å². The van der Waals surface area contributed by atoms with Crippen molar-refractivity contribution in [3.63, 3.8) is 0 Å². The third kappa shape index (κ3) is 4.75. The SMILES string of the molecule is CCNC(C#N)(CC)CCCSCc1ccco1. The molecule has 18 heavy (non-hydrogen) atoms. The molecule has 0 saturated carbocycles. The molecular formula is C14H22N2OS. The summed E-state index contributed by atoms with van der Waals surface area (Å²) in [6.07, 6.45) is 4.54. The minimum absolute atomic E-state index is 0.333. The molecule has 4 heteroatoms. The van der Waals surface area contributed by atoms with Crippen LogP contribution in [-0.4, -0.2) is 17.8 Å². The maximum absolute atomic E-state index is 9.28. The number of thioether (sulfide) groups is 1. The number of nitrogens with one attached hydrogen (secondary N) is 1. The van der Waals surface area contributed by atoms with Gasteiger partial charge in [0.15, 0.2) is 0 Å². The van der Waals surface area contributed by atoms with Crippen molar-refractivity contribution < 1.29 is 4.42 Å². The molecule has 1 heterocycles. The standard InChI is InChI=1S/C14H22N2OS/c1-3-14(12-15,16-4-2)8-6-10-18-11-13-7-5-9-17-13/h5,7,9,16H,3-4,6,8,10-11H2,1-2H3. The van der Waals surface area contributed by atoms with Gasteiger partial charge in [-0.15, -0.1) is 0 Å². The van der Waals surface area contributed by atoms with E-state index in [9.17, 15) is 5.26 Å². The van der Waals surface area contributed by atoms with Crippen molar-refractivity contribution in [2.75, 3.05) is 12.3 Å². The van der Waals surface area contributed by atoms with Gasteiger partial charge in [0.1, 0.15) is 11.3 Å². The molecular weight excluding hydrogens is 244 g/mol. The van der Waals surface area contributed by atoms with Crippen LogP contribution in [0, 0.1) is 11.3 Å². The molecule has 0 radical (unpaired) electrons. The van der Waals surface area contributed by atoms with Crippen molar-refractivity contribution in [1.29, 1.82) is 5.26 Å². The smallest absolute Gasteiger partial charge is 0.113 e. The molecule has 1 aromatic heterocycles. The second-order valence-corrected chi connectivity index (χ2v) is 5.42. The first kappa shape index (κ1) is 15.1. The molecule has 0 fully saturated rings. The fourth-order valence-electron chi connectivity index (χ4n) is 1.95. The highest BCUT2D eigenvalue weighted by atomic mass is 32.2. The first-order valence-corrected chi connectivity index (χ1v) is 7.68. The summed E-state index contributed by atoms with van der Waals surface area (Å²) < 4.78 is 5.28. The van der Waals surface area contributed by atoms with Gasteiger partial charge >= 0.3 is 0 Å². The zero-order chi connectivity index (χ0) is 13.3. The van der Waals surface area contributed by atoms with Crippen LogP contribution in [-0.2, 0) is 5.75 Å². The van der Waals surface area contributed by atoms with Crippen LogP contribution in [0.15, 0.2) is 22.8 Å². The van der Waals surface area contributed by atoms with Gasteiger partial charge in [-0.05, 0) is 43.7 Å². The minimum atomic E-state index is -0.333. The summed E-state index contributed by atoms with van der Waals surface area (Å²) >= 11 is 1.86. The first-order valence-electron chi connectivity index (χ1n) is 6.52. The summed E-state index contributed by atoms with van der Waals surface area (Å²) in [5.41, 5.74) is -0.333. The lowest BCUT2D eigenvalue weighted by molar-refractivity contribution is 0.379. The summed E-state index contributed by atoms with van der Waals surface area (Å²) in [5, 5.41) is 12.6. The normalized spacial score (nSPS) is 14.1. The Hall–Kier alpha value is -0.920. The molecule has 0 aliphatic carbocycles. The molecule has 0 aliphatic rings. The number of hydrogen-bond donors (Lipinski definition) is 1. The topological polar surface area (TPSA) is 49.0 Å². The summed E-state index contributed by atoms with van der Waals surface area (Å²) in [6, 6.07) is 6.34. The van der Waals surface area contributed by atoms with Crippen molar-refractivity contribution in [3.8, 4) is 6.07 Å². The van der Waals surface area contributed by atoms with E-state index >= 15 is 0 Å². The van der Waals surface area contributed by atoms with E-state index in [1.165, 1.54) is 0 Å². The zero-order valence-electron chi connectivity index (χ0n) is 11.2. The quantitative estimate of drug-likeness (QED) is 0.694. The largest absolute Gasteiger partial charge is 0.468 e. The van der Waals surface area contributed by atoms with Crippen molar-refractivity contribution in [3.05, 3.63) is 24.2 Å². The predicted molar refractivity (Wildman–Crippen MR) is 76.4 cm³/mol. The predicted octanol–water partition coefficient (Wildman–Crippen LogP) is 3.57. The minimum Gasteiger partial charge on any atom is -0.468 e. The zero-order valence-corrected chi connectivity index (χ0v) is 12.1. The highest BCUT2D eigenvalue weighted by molar-refractivity contribution is 7.98. The Morgan fingerprint density at radius 1 is 1.50 bits per heavy atom. The molecule has 0 saturated heterocycles. The van der Waals surface area contributed by atoms with Crippen molar-refractivity contribution >= 4 is 11.8 Å². The molecule has 1 N–H and O–H groups in total. The summed E-state index contributed by atoms with van der Waals surface area (Å²) in [5.74, 6) is 3.00. The van der Waals surface area contributed by atoms with E-state index < -0.39 is 0 Å². The fraction of sp³-hybridized carbons (Fsp3) is 0.643. The molecule has 1 unspecified atom stereocenters. The van der Waals surface area contributed by atoms with Gasteiger partial charge in [0, 0.05) is 0 Å². The Labute approximate surface area is 114 Å². The summed E-state index contributed by atoms with van der Waals surface area (Å²) in [7, 11) is 0. The molecule has 3 nitrogen and oxygen atoms in total. The number of hydrogen-bond acceptors (Lipinski definition) is 4. The third-order valence-corrected chi connectivity index (χ3v) is 4.12. The van der Waals surface area contributed by atoms with Crippen LogP contribution in [0.25, 0.3) is 0 Å². The summed E-state index contributed by atoms with van der Waals surface area (Å²) in [6.45, 7) is 4.97. The lowest BCUT2D eigenvalue weighted by Crippen LogP contribution is -2.43. The number of nitrogens with zero attached hydrogens (tertiary/aromatic N) is 1. The Bertz CT molecular complexity index is 358. The van der Waals surface area contributed by atoms with E-state index in [1.54, 1.807) is 6.26 Å². The van der Waals surface area contributed by atoms with Gasteiger partial charge in [0.05, 0.1) is 18.1 Å². The highest BCUT2D eigenvalue weighted by Gasteiger charge is 2.25. The van der Waals surface area contributed by atoms with Crippen molar-refractivity contribution in [2.24, 2.45) is 0 Å². The molecule has 0 spiro atoms. The molecule has 0 bridgehead atoms. The van der Waals surface area contributed by atoms with Crippen molar-refractivity contribution in [2.45, 2.75) is 44.4 Å². The second-order valence-electron chi connectivity index (χ2n) is 4.31. The summed E-state index contributed by atoms with van der Waals surface area (Å²) in [4.78, 5) is 0. The number of rotatable bonds is 9. The van der Waals surface area contributed by atoms with Crippen LogP contribution in [0.3, 0.4) is 0 Å². The molecule has 1 atom stereocenters. The average Bonchev–Trinajstić information content (AvgIpc) is 2.90. The highest BCUT2D eigenvalue weighted by Crippen LogP contribution is 2.20. The van der Waals surface area contributed by atoms with Crippen LogP contribution >= 0.6 is 11.8 Å². The lowest BCUT2D eigenvalue weighted by atomic mass is 9.92. The van der Waals surface area contributed by atoms with E-state index in [0.717, 1.165) is 43.1 Å². The lowest BCUT2D eigenvalue weighted by Gasteiger charge is -2.25. The van der Waals surface area contributed by atoms with Gasteiger partial charge in [0.2, 0.25) is 0 Å². The van der Waals surface area contributed by atoms with Crippen LogP contribution < -0.4 is 5.32 Å². The van der Waals surface area contributed by atoms with E-state index in [2.05, 4.69) is 18.3 Å². The third-order valence-electron chi connectivity index (χ3n) is 3.05. The van der Waals surface area contributed by atoms with Gasteiger partial charge in [-0.25, -0.2) is 0 Å². The molecule has 0 aromatic carbocycles. The van der Waals surface area contributed by atoms with E-state index in [-0.39, 0.29) is 5.54 Å². The van der Waals surface area contributed by atoms with Crippen molar-refractivity contribution in [1.82, 2.24) is 5.32 Å². The Morgan fingerprint density at radius 2 is 2.33 bits per heavy atom. The first-order chi connectivity index (χ1) is 8.76. The van der Waals surface area contributed by atoms with E-state index in [4.69, 9.17) is 4.42 Å². The van der Waals surface area contributed by atoms with E-state index in [0.29, 0.717) is 0 Å². The van der Waals surface area contributed by atoms with Gasteiger partial charge in [-0.3, -0.25) is 5.32 Å². The second kappa shape index (κ2) is 8.23. The van der Waals surface area contributed by atoms with Gasteiger partial charge in [-0.1, -0.05) is 13.8 Å². The van der Waals surface area contributed by atoms with Gasteiger partial charge in [0.25, 0.3) is 0 Å². The average molecular weight is 266 g/mol. The number of furan rings is 1. The van der Waals surface area contributed by atoms with Gasteiger partial charge in [-0.2, -0.15) is 17.0 Å². The molecule has 1 rings (SSSR count). The maximum Gasteiger partial charge on any atom is 0.113 e. The Kier molecular flexibility index (Phi) is 6.92. The molecule has 0 amide bonds. The van der Waals surface area contributed by atoms with Gasteiger partial charge < -0.3 is 4.42 Å². The van der Waals surface area contributed by atoms with E-state index in [1.807, 2.05) is 30.8 Å². The fourth-order valence-corrected chi connectivity index (χ4v) is 2.80.